The molecule has 1 aliphatic heterocycles. The number of halogens is 1. The van der Waals surface area contributed by atoms with Crippen LogP contribution in [-0.4, -0.2) is 33.8 Å². The number of nitrogens with two attached hydrogens (primary N) is 1. The van der Waals surface area contributed by atoms with Gasteiger partial charge in [-0.25, -0.2) is 0 Å². The molecule has 3 rings (SSSR count). The first-order valence-corrected chi connectivity index (χ1v) is 7.15. The van der Waals surface area contributed by atoms with Gasteiger partial charge < -0.3 is 5.73 Å². The third kappa shape index (κ3) is 3.28. The second-order valence-electron chi connectivity index (χ2n) is 5.75. The molecule has 1 aromatic carbocycles. The van der Waals surface area contributed by atoms with Crippen LogP contribution < -0.4 is 5.73 Å². The Morgan fingerprint density at radius 3 is 2.57 bits per heavy atom. The Kier molecular flexibility index (Phi) is 5.04. The summed E-state index contributed by atoms with van der Waals surface area (Å²) in [5, 5.41) is 4.31. The molecule has 0 amide bonds. The number of nitrogens with zero attached hydrogens (tertiary/aromatic N) is 3. The monoisotopic (exact) mass is 306 g/mol. The Bertz CT molecular complexity index is 581. The Morgan fingerprint density at radius 2 is 1.95 bits per heavy atom. The fourth-order valence-corrected chi connectivity index (χ4v) is 3.04. The summed E-state index contributed by atoms with van der Waals surface area (Å²) >= 11 is 0. The largest absolute Gasteiger partial charge is 0.326 e. The summed E-state index contributed by atoms with van der Waals surface area (Å²) < 4.78 is 1.93. The summed E-state index contributed by atoms with van der Waals surface area (Å²) in [4.78, 5) is 2.44. The lowest BCUT2D eigenvalue weighted by molar-refractivity contribution is 0.323. The van der Waals surface area contributed by atoms with Gasteiger partial charge in [-0.3, -0.25) is 9.58 Å². The smallest absolute Gasteiger partial charge is 0.0537 e. The van der Waals surface area contributed by atoms with Crippen LogP contribution in [0.4, 0.5) is 0 Å². The normalized spacial score (nSPS) is 22.2. The predicted molar refractivity (Wildman–Crippen MR) is 87.6 cm³/mol. The zero-order valence-corrected chi connectivity index (χ0v) is 13.4. The molecule has 0 spiro atoms. The van der Waals surface area contributed by atoms with E-state index in [1.54, 1.807) is 0 Å². The van der Waals surface area contributed by atoms with Gasteiger partial charge in [0, 0.05) is 49.9 Å². The maximum absolute atomic E-state index is 6.34. The van der Waals surface area contributed by atoms with Crippen molar-refractivity contribution in [3.8, 4) is 0 Å². The molecule has 1 aromatic heterocycles. The van der Waals surface area contributed by atoms with E-state index in [0.717, 1.165) is 19.6 Å². The quantitative estimate of drug-likeness (QED) is 0.944. The molecule has 21 heavy (non-hydrogen) atoms. The van der Waals surface area contributed by atoms with Gasteiger partial charge >= 0.3 is 0 Å². The number of likely N-dealkylation sites (tertiary alicyclic amines) is 1. The molecule has 1 aliphatic rings. The maximum atomic E-state index is 6.34. The second kappa shape index (κ2) is 6.60. The van der Waals surface area contributed by atoms with Crippen molar-refractivity contribution < 1.29 is 0 Å². The first-order chi connectivity index (χ1) is 9.65. The van der Waals surface area contributed by atoms with Crippen molar-refractivity contribution in [2.24, 2.45) is 12.8 Å². The zero-order chi connectivity index (χ0) is 14.1. The van der Waals surface area contributed by atoms with Crippen LogP contribution in [0.15, 0.2) is 36.5 Å². The molecule has 0 radical (unpaired) electrons. The number of aromatic nitrogens is 2. The molecular formula is C16H23ClN4. The van der Waals surface area contributed by atoms with E-state index in [0.29, 0.717) is 5.92 Å². The first-order valence-electron chi connectivity index (χ1n) is 7.15. The lowest BCUT2D eigenvalue weighted by Gasteiger charge is -2.15. The topological polar surface area (TPSA) is 47.1 Å². The fourth-order valence-electron chi connectivity index (χ4n) is 3.04. The lowest BCUT2D eigenvalue weighted by Crippen LogP contribution is -2.28. The highest BCUT2D eigenvalue weighted by Gasteiger charge is 2.31. The van der Waals surface area contributed by atoms with E-state index < -0.39 is 0 Å². The van der Waals surface area contributed by atoms with Crippen LogP contribution in [0.25, 0.3) is 0 Å². The molecule has 0 unspecified atom stereocenters. The van der Waals surface area contributed by atoms with Crippen molar-refractivity contribution in [2.45, 2.75) is 25.4 Å². The van der Waals surface area contributed by atoms with E-state index in [9.17, 15) is 0 Å². The molecule has 1 fully saturated rings. The molecule has 2 heterocycles. The van der Waals surface area contributed by atoms with Crippen LogP contribution in [-0.2, 0) is 13.6 Å². The molecule has 2 N–H and O–H groups in total. The van der Waals surface area contributed by atoms with Gasteiger partial charge in [-0.2, -0.15) is 5.10 Å². The van der Waals surface area contributed by atoms with Crippen molar-refractivity contribution in [3.63, 3.8) is 0 Å². The molecule has 0 aliphatic carbocycles. The minimum absolute atomic E-state index is 0. The van der Waals surface area contributed by atoms with E-state index >= 15 is 0 Å². The molecule has 2 aromatic rings. The third-order valence-electron chi connectivity index (χ3n) is 4.40. The minimum atomic E-state index is 0. The van der Waals surface area contributed by atoms with E-state index in [1.165, 1.54) is 16.8 Å². The number of hydrogen-bond donors (Lipinski definition) is 1. The summed E-state index contributed by atoms with van der Waals surface area (Å²) in [6, 6.07) is 10.8. The van der Waals surface area contributed by atoms with Crippen molar-refractivity contribution in [1.29, 1.82) is 0 Å². The van der Waals surface area contributed by atoms with Crippen molar-refractivity contribution in [2.75, 3.05) is 13.1 Å². The third-order valence-corrected chi connectivity index (χ3v) is 4.40. The predicted octanol–water partition coefficient (Wildman–Crippen LogP) is 2.08. The average molecular weight is 307 g/mol. The second-order valence-corrected chi connectivity index (χ2v) is 5.75. The van der Waals surface area contributed by atoms with Crippen LogP contribution in [0.2, 0.25) is 0 Å². The summed E-state index contributed by atoms with van der Waals surface area (Å²) in [6.07, 6.45) is 1.97. The number of hydrogen-bond acceptors (Lipinski definition) is 3. The Balaban J connectivity index is 0.00000161. The fraction of sp³-hybridized carbons (Fsp3) is 0.438. The standard InChI is InChI=1S/C16H22N4.ClH/c1-12-14(8-18-19(12)2)9-20-10-15(16(17)11-20)13-6-4-3-5-7-13;/h3-8,15-16H,9-11,17H2,1-2H3;1H/t15-,16+;/m0./s1. The highest BCUT2D eigenvalue weighted by atomic mass is 35.5. The van der Waals surface area contributed by atoms with E-state index in [2.05, 4.69) is 47.3 Å². The van der Waals surface area contributed by atoms with Gasteiger partial charge in [0.1, 0.15) is 0 Å². The average Bonchev–Trinajstić information content (AvgIpc) is 2.97. The molecule has 0 saturated carbocycles. The summed E-state index contributed by atoms with van der Waals surface area (Å²) in [5.74, 6) is 0.438. The Hall–Kier alpha value is -1.36. The van der Waals surface area contributed by atoms with Crippen LogP contribution in [0.3, 0.4) is 0 Å². The first kappa shape index (κ1) is 16.0. The van der Waals surface area contributed by atoms with Crippen LogP contribution in [0.1, 0.15) is 22.7 Å². The van der Waals surface area contributed by atoms with Gasteiger partial charge in [0.25, 0.3) is 0 Å². The SMILES string of the molecule is Cc1c(CN2C[C@@H](N)[C@H](c3ccccc3)C2)cnn1C.Cl. The summed E-state index contributed by atoms with van der Waals surface area (Å²) in [7, 11) is 1.99. The van der Waals surface area contributed by atoms with Crippen LogP contribution >= 0.6 is 12.4 Å². The highest BCUT2D eigenvalue weighted by Crippen LogP contribution is 2.27. The molecule has 5 heteroatoms. The Morgan fingerprint density at radius 1 is 1.24 bits per heavy atom. The summed E-state index contributed by atoms with van der Waals surface area (Å²) in [5.41, 5.74) is 10.2. The number of aryl methyl sites for hydroxylation is 1. The summed E-state index contributed by atoms with van der Waals surface area (Å²) in [6.45, 7) is 5.04. The number of benzene rings is 1. The van der Waals surface area contributed by atoms with Crippen molar-refractivity contribution in [1.82, 2.24) is 14.7 Å². The van der Waals surface area contributed by atoms with Gasteiger partial charge in [0.05, 0.1) is 6.20 Å². The van der Waals surface area contributed by atoms with Gasteiger partial charge in [0.2, 0.25) is 0 Å². The van der Waals surface area contributed by atoms with Gasteiger partial charge in [-0.05, 0) is 12.5 Å². The Labute approximate surface area is 132 Å². The highest BCUT2D eigenvalue weighted by molar-refractivity contribution is 5.85. The number of rotatable bonds is 3. The molecule has 114 valence electrons. The van der Waals surface area contributed by atoms with Crippen LogP contribution in [0.5, 0.6) is 0 Å². The van der Waals surface area contributed by atoms with Crippen LogP contribution in [0, 0.1) is 6.92 Å². The van der Waals surface area contributed by atoms with Gasteiger partial charge in [0.15, 0.2) is 0 Å². The molecule has 2 atom stereocenters. The van der Waals surface area contributed by atoms with E-state index in [1.807, 2.05) is 17.9 Å². The van der Waals surface area contributed by atoms with Gasteiger partial charge in [-0.15, -0.1) is 12.4 Å². The van der Waals surface area contributed by atoms with Gasteiger partial charge in [-0.1, -0.05) is 30.3 Å². The van der Waals surface area contributed by atoms with Crippen molar-refractivity contribution >= 4 is 12.4 Å². The molecule has 4 nitrogen and oxygen atoms in total. The molecule has 1 saturated heterocycles. The zero-order valence-electron chi connectivity index (χ0n) is 12.6. The maximum Gasteiger partial charge on any atom is 0.0537 e. The minimum Gasteiger partial charge on any atom is -0.326 e. The van der Waals surface area contributed by atoms with E-state index in [4.69, 9.17) is 5.73 Å². The molecular weight excluding hydrogens is 284 g/mol. The lowest BCUT2D eigenvalue weighted by atomic mass is 9.95. The van der Waals surface area contributed by atoms with E-state index in [-0.39, 0.29) is 18.4 Å². The molecule has 0 bridgehead atoms. The van der Waals surface area contributed by atoms with Crippen molar-refractivity contribution in [3.05, 3.63) is 53.3 Å².